The minimum absolute atomic E-state index is 0.672. The van der Waals surface area contributed by atoms with E-state index in [0.717, 1.165) is 29.9 Å². The monoisotopic (exact) mass is 242 g/mol. The van der Waals surface area contributed by atoms with Crippen molar-refractivity contribution in [1.29, 1.82) is 0 Å². The second kappa shape index (κ2) is 5.58. The van der Waals surface area contributed by atoms with Crippen LogP contribution in [0.25, 0.3) is 11.3 Å². The molecule has 0 atom stereocenters. The van der Waals surface area contributed by atoms with Gasteiger partial charge in [0.25, 0.3) is 0 Å². The zero-order valence-electron chi connectivity index (χ0n) is 11.1. The maximum atomic E-state index is 4.34. The Kier molecular flexibility index (Phi) is 3.87. The van der Waals surface area contributed by atoms with Crippen LogP contribution in [0.3, 0.4) is 0 Å². The number of hydrogen-bond donors (Lipinski definition) is 1. The Morgan fingerprint density at radius 1 is 1.11 bits per heavy atom. The third kappa shape index (κ3) is 2.64. The fourth-order valence-corrected chi connectivity index (χ4v) is 1.89. The first-order valence-electron chi connectivity index (χ1n) is 6.23. The van der Waals surface area contributed by atoms with Crippen molar-refractivity contribution in [3.8, 4) is 11.3 Å². The van der Waals surface area contributed by atoms with Gasteiger partial charge in [-0.15, -0.1) is 10.2 Å². The van der Waals surface area contributed by atoms with Gasteiger partial charge in [-0.1, -0.05) is 37.6 Å². The van der Waals surface area contributed by atoms with Crippen LogP contribution < -0.4 is 5.32 Å². The summed E-state index contributed by atoms with van der Waals surface area (Å²) in [6, 6.07) is 8.43. The summed E-state index contributed by atoms with van der Waals surface area (Å²) in [5, 5.41) is 11.3. The Morgan fingerprint density at radius 3 is 2.44 bits per heavy atom. The lowest BCUT2D eigenvalue weighted by atomic mass is 10.1. The van der Waals surface area contributed by atoms with Crippen LogP contribution in [0.15, 0.2) is 24.3 Å². The fourth-order valence-electron chi connectivity index (χ4n) is 1.89. The Balaban J connectivity index is 2.36. The van der Waals surface area contributed by atoms with Gasteiger partial charge in [0.2, 0.25) is 0 Å². The van der Waals surface area contributed by atoms with Crippen molar-refractivity contribution in [1.82, 2.24) is 15.2 Å². The summed E-state index contributed by atoms with van der Waals surface area (Å²) in [7, 11) is 1.85. The largest absolute Gasteiger partial charge is 0.371 e. The third-order valence-electron chi connectivity index (χ3n) is 2.80. The molecule has 1 N–H and O–H groups in total. The third-order valence-corrected chi connectivity index (χ3v) is 2.80. The van der Waals surface area contributed by atoms with Crippen LogP contribution in [0.5, 0.6) is 0 Å². The number of aryl methyl sites for hydroxylation is 2. The lowest BCUT2D eigenvalue weighted by Crippen LogP contribution is -2.02. The first kappa shape index (κ1) is 12.5. The summed E-state index contributed by atoms with van der Waals surface area (Å²) < 4.78 is 0. The number of aromatic nitrogens is 3. The van der Waals surface area contributed by atoms with Crippen molar-refractivity contribution in [3.05, 3.63) is 35.7 Å². The molecule has 4 heteroatoms. The molecule has 0 fully saturated rings. The average Bonchev–Trinajstić information content (AvgIpc) is 2.40. The van der Waals surface area contributed by atoms with Crippen LogP contribution in [0.4, 0.5) is 5.82 Å². The molecule has 0 amide bonds. The summed E-state index contributed by atoms with van der Waals surface area (Å²) >= 11 is 0. The summed E-state index contributed by atoms with van der Waals surface area (Å²) in [5.74, 6) is 1.44. The second-order valence-corrected chi connectivity index (χ2v) is 4.25. The molecule has 0 aliphatic rings. The molecular weight excluding hydrogens is 224 g/mol. The Hall–Kier alpha value is -1.97. The molecule has 0 radical (unpaired) electrons. The van der Waals surface area contributed by atoms with E-state index in [-0.39, 0.29) is 0 Å². The Labute approximate surface area is 107 Å². The van der Waals surface area contributed by atoms with Gasteiger partial charge in [-0.2, -0.15) is 0 Å². The molecule has 2 rings (SSSR count). The van der Waals surface area contributed by atoms with E-state index in [2.05, 4.69) is 51.7 Å². The maximum Gasteiger partial charge on any atom is 0.156 e. The van der Waals surface area contributed by atoms with Gasteiger partial charge in [0.15, 0.2) is 5.82 Å². The molecule has 1 aromatic heterocycles. The quantitative estimate of drug-likeness (QED) is 0.895. The molecule has 1 heterocycles. The number of hydrogen-bond acceptors (Lipinski definition) is 4. The molecule has 2 aromatic rings. The predicted molar refractivity (Wildman–Crippen MR) is 73.5 cm³/mol. The minimum atomic E-state index is 0.672. The molecule has 18 heavy (non-hydrogen) atoms. The summed E-state index contributed by atoms with van der Waals surface area (Å²) in [6.45, 7) is 4.02. The number of anilines is 1. The smallest absolute Gasteiger partial charge is 0.156 e. The van der Waals surface area contributed by atoms with E-state index in [1.165, 1.54) is 5.56 Å². The van der Waals surface area contributed by atoms with Crippen molar-refractivity contribution in [2.45, 2.75) is 26.7 Å². The SMILES string of the molecule is CCCc1ccc(-c2nnc(C)nc2NC)cc1. The van der Waals surface area contributed by atoms with E-state index in [4.69, 9.17) is 0 Å². The van der Waals surface area contributed by atoms with Crippen molar-refractivity contribution >= 4 is 5.82 Å². The van der Waals surface area contributed by atoms with Crippen molar-refractivity contribution in [2.24, 2.45) is 0 Å². The Morgan fingerprint density at radius 2 is 1.83 bits per heavy atom. The lowest BCUT2D eigenvalue weighted by Gasteiger charge is -2.07. The first-order valence-corrected chi connectivity index (χ1v) is 6.23. The van der Waals surface area contributed by atoms with Gasteiger partial charge >= 0.3 is 0 Å². The van der Waals surface area contributed by atoms with Crippen molar-refractivity contribution < 1.29 is 0 Å². The molecule has 0 saturated heterocycles. The molecule has 0 unspecified atom stereocenters. The molecule has 94 valence electrons. The summed E-state index contributed by atoms with van der Waals surface area (Å²) in [6.07, 6.45) is 2.27. The molecule has 0 bridgehead atoms. The second-order valence-electron chi connectivity index (χ2n) is 4.25. The van der Waals surface area contributed by atoms with Gasteiger partial charge in [0.05, 0.1) is 0 Å². The van der Waals surface area contributed by atoms with Gasteiger partial charge in [0.1, 0.15) is 11.5 Å². The first-order chi connectivity index (χ1) is 8.74. The Bertz CT molecular complexity index is 520. The zero-order valence-corrected chi connectivity index (χ0v) is 11.1. The number of nitrogens with zero attached hydrogens (tertiary/aromatic N) is 3. The van der Waals surface area contributed by atoms with Crippen LogP contribution in [-0.4, -0.2) is 22.2 Å². The van der Waals surface area contributed by atoms with Crippen molar-refractivity contribution in [2.75, 3.05) is 12.4 Å². The van der Waals surface area contributed by atoms with E-state index >= 15 is 0 Å². The van der Waals surface area contributed by atoms with E-state index in [0.29, 0.717) is 5.82 Å². The van der Waals surface area contributed by atoms with Crippen molar-refractivity contribution in [3.63, 3.8) is 0 Å². The van der Waals surface area contributed by atoms with Gasteiger partial charge < -0.3 is 5.32 Å². The molecule has 0 spiro atoms. The number of nitrogens with one attached hydrogen (secondary N) is 1. The molecule has 4 nitrogen and oxygen atoms in total. The van der Waals surface area contributed by atoms with Crippen LogP contribution in [0.1, 0.15) is 24.7 Å². The van der Waals surface area contributed by atoms with E-state index < -0.39 is 0 Å². The predicted octanol–water partition coefficient (Wildman–Crippen LogP) is 2.84. The van der Waals surface area contributed by atoms with Crippen LogP contribution in [0, 0.1) is 6.92 Å². The maximum absolute atomic E-state index is 4.34. The fraction of sp³-hybridized carbons (Fsp3) is 0.357. The highest BCUT2D eigenvalue weighted by atomic mass is 15.2. The normalized spacial score (nSPS) is 10.4. The van der Waals surface area contributed by atoms with Gasteiger partial charge in [0, 0.05) is 12.6 Å². The molecule has 0 saturated carbocycles. The van der Waals surface area contributed by atoms with Gasteiger partial charge in [-0.3, -0.25) is 0 Å². The minimum Gasteiger partial charge on any atom is -0.371 e. The molecule has 0 aliphatic carbocycles. The summed E-state index contributed by atoms with van der Waals surface area (Å²) in [5.41, 5.74) is 3.19. The summed E-state index contributed by atoms with van der Waals surface area (Å²) in [4.78, 5) is 4.34. The molecule has 1 aromatic carbocycles. The number of rotatable bonds is 4. The zero-order chi connectivity index (χ0) is 13.0. The lowest BCUT2D eigenvalue weighted by molar-refractivity contribution is 0.913. The van der Waals surface area contributed by atoms with Crippen LogP contribution >= 0.6 is 0 Å². The van der Waals surface area contributed by atoms with E-state index in [1.54, 1.807) is 0 Å². The van der Waals surface area contributed by atoms with Gasteiger partial charge in [-0.25, -0.2) is 4.98 Å². The highest BCUT2D eigenvalue weighted by Crippen LogP contribution is 2.23. The van der Waals surface area contributed by atoms with E-state index in [1.807, 2.05) is 14.0 Å². The highest BCUT2D eigenvalue weighted by Gasteiger charge is 2.08. The van der Waals surface area contributed by atoms with Crippen LogP contribution in [0.2, 0.25) is 0 Å². The van der Waals surface area contributed by atoms with Crippen LogP contribution in [-0.2, 0) is 6.42 Å². The topological polar surface area (TPSA) is 50.7 Å². The standard InChI is InChI=1S/C14H18N4/c1-4-5-11-6-8-12(9-7-11)13-14(15-3)16-10(2)17-18-13/h6-9H,4-5H2,1-3H3,(H,15,16,17). The van der Waals surface area contributed by atoms with Gasteiger partial charge in [-0.05, 0) is 18.9 Å². The molecule has 0 aliphatic heterocycles. The average molecular weight is 242 g/mol. The van der Waals surface area contributed by atoms with E-state index in [9.17, 15) is 0 Å². The molecular formula is C14H18N4. The highest BCUT2D eigenvalue weighted by molar-refractivity contribution is 5.70. The number of benzene rings is 1.